The highest BCUT2D eigenvalue weighted by molar-refractivity contribution is 6.35. The molecule has 0 aliphatic heterocycles. The van der Waals surface area contributed by atoms with Crippen molar-refractivity contribution in [2.75, 3.05) is 0 Å². The van der Waals surface area contributed by atoms with E-state index in [2.05, 4.69) is 4.98 Å². The van der Waals surface area contributed by atoms with Gasteiger partial charge >= 0.3 is 5.97 Å². The Morgan fingerprint density at radius 3 is 2.35 bits per heavy atom. The van der Waals surface area contributed by atoms with Gasteiger partial charge in [0.2, 0.25) is 11.5 Å². The maximum atomic E-state index is 12.0. The van der Waals surface area contributed by atoms with Crippen molar-refractivity contribution in [1.29, 1.82) is 0 Å². The Kier molecular flexibility index (Phi) is 7.38. The molecule has 2 atom stereocenters. The second-order valence-corrected chi connectivity index (χ2v) is 7.81. The van der Waals surface area contributed by atoms with Gasteiger partial charge in [0.25, 0.3) is 0 Å². The summed E-state index contributed by atoms with van der Waals surface area (Å²) in [4.78, 5) is 16.0. The number of aliphatic carboxylic acids is 1. The predicted octanol–water partition coefficient (Wildman–Crippen LogP) is 6.01. The second kappa shape index (κ2) is 10.0. The first-order valence-electron chi connectivity index (χ1n) is 9.45. The minimum atomic E-state index is -1.60. The number of benzene rings is 2. The fourth-order valence-electron chi connectivity index (χ4n) is 2.66. The van der Waals surface area contributed by atoms with E-state index in [-0.39, 0.29) is 17.5 Å². The molecule has 162 valence electrons. The summed E-state index contributed by atoms with van der Waals surface area (Å²) < 4.78 is 17.2. The summed E-state index contributed by atoms with van der Waals surface area (Å²) in [7, 11) is 0. The number of carboxylic acid groups (broad SMARTS) is 1. The highest BCUT2D eigenvalue weighted by Crippen LogP contribution is 2.31. The van der Waals surface area contributed by atoms with E-state index in [1.54, 1.807) is 31.2 Å². The zero-order valence-corrected chi connectivity index (χ0v) is 18.4. The Morgan fingerprint density at radius 1 is 1.10 bits per heavy atom. The number of aromatic nitrogens is 1. The summed E-state index contributed by atoms with van der Waals surface area (Å²) in [5.41, 5.74) is -0.656. The Hall–Kier alpha value is -2.80. The minimum Gasteiger partial charge on any atom is -0.478 e. The molecule has 0 aliphatic rings. The highest BCUT2D eigenvalue weighted by Gasteiger charge is 2.42. The van der Waals surface area contributed by atoms with Crippen molar-refractivity contribution in [3.05, 3.63) is 82.5 Å². The van der Waals surface area contributed by atoms with Crippen LogP contribution in [0.5, 0.6) is 17.4 Å². The Bertz CT molecular complexity index is 1030. The van der Waals surface area contributed by atoms with Gasteiger partial charge in [0, 0.05) is 6.20 Å². The molecule has 0 aliphatic carbocycles. The average Bonchev–Trinajstić information content (AvgIpc) is 2.75. The van der Waals surface area contributed by atoms with Crippen LogP contribution in [0.3, 0.4) is 0 Å². The molecule has 1 aromatic heterocycles. The van der Waals surface area contributed by atoms with E-state index < -0.39 is 17.7 Å². The molecule has 1 heterocycles. The van der Waals surface area contributed by atoms with E-state index >= 15 is 0 Å². The molecule has 0 saturated carbocycles. The van der Waals surface area contributed by atoms with E-state index in [4.69, 9.17) is 37.4 Å². The number of rotatable bonds is 9. The fraction of sp³-hybridized carbons (Fsp3) is 0.217. The molecule has 6 nitrogen and oxygen atoms in total. The molecular formula is C23H21Cl2NO5. The zero-order valence-electron chi connectivity index (χ0n) is 16.9. The highest BCUT2D eigenvalue weighted by atomic mass is 35.5. The standard InChI is InChI=1S/C23H21Cl2NO5/c1-15(29-14-16-6-4-3-5-7-16)23(2,22(27)28)31-19-10-8-18(9-11-19)30-21-20(25)12-17(24)13-26-21/h3-13,15H,14H2,1-2H3,(H,27,28). The van der Waals surface area contributed by atoms with Crippen molar-refractivity contribution in [2.45, 2.75) is 32.2 Å². The number of ether oxygens (including phenoxy) is 3. The van der Waals surface area contributed by atoms with Gasteiger partial charge in [-0.1, -0.05) is 53.5 Å². The van der Waals surface area contributed by atoms with Crippen LogP contribution >= 0.6 is 23.2 Å². The lowest BCUT2D eigenvalue weighted by molar-refractivity contribution is -0.168. The van der Waals surface area contributed by atoms with Crippen molar-refractivity contribution in [2.24, 2.45) is 0 Å². The summed E-state index contributed by atoms with van der Waals surface area (Å²) in [6.07, 6.45) is 0.702. The van der Waals surface area contributed by atoms with E-state index in [1.165, 1.54) is 19.2 Å². The van der Waals surface area contributed by atoms with Crippen LogP contribution in [0.25, 0.3) is 0 Å². The largest absolute Gasteiger partial charge is 0.478 e. The van der Waals surface area contributed by atoms with Gasteiger partial charge in [-0.15, -0.1) is 0 Å². The van der Waals surface area contributed by atoms with Crippen LogP contribution in [0, 0.1) is 0 Å². The lowest BCUT2D eigenvalue weighted by Crippen LogP contribution is -2.51. The molecule has 2 unspecified atom stereocenters. The topological polar surface area (TPSA) is 77.9 Å². The molecule has 2 aromatic carbocycles. The normalized spacial score (nSPS) is 13.8. The Balaban J connectivity index is 1.68. The first-order valence-corrected chi connectivity index (χ1v) is 10.2. The number of carbonyl (C=O) groups is 1. The zero-order chi connectivity index (χ0) is 22.4. The van der Waals surface area contributed by atoms with Gasteiger partial charge in [0.05, 0.1) is 11.6 Å². The van der Waals surface area contributed by atoms with Gasteiger partial charge < -0.3 is 19.3 Å². The third-order valence-corrected chi connectivity index (χ3v) is 5.16. The van der Waals surface area contributed by atoms with E-state index in [1.807, 2.05) is 30.3 Å². The Morgan fingerprint density at radius 2 is 1.74 bits per heavy atom. The summed E-state index contributed by atoms with van der Waals surface area (Å²) >= 11 is 11.9. The van der Waals surface area contributed by atoms with Gasteiger partial charge in [0.15, 0.2) is 0 Å². The maximum Gasteiger partial charge on any atom is 0.350 e. The number of hydrogen-bond acceptors (Lipinski definition) is 5. The molecule has 0 saturated heterocycles. The molecule has 0 radical (unpaired) electrons. The molecule has 0 amide bonds. The second-order valence-electron chi connectivity index (χ2n) is 6.97. The predicted molar refractivity (Wildman–Crippen MR) is 118 cm³/mol. The summed E-state index contributed by atoms with van der Waals surface area (Å²) in [6, 6.07) is 17.5. The van der Waals surface area contributed by atoms with Crippen LogP contribution in [0.1, 0.15) is 19.4 Å². The molecule has 0 spiro atoms. The molecule has 8 heteroatoms. The van der Waals surface area contributed by atoms with E-state index in [0.29, 0.717) is 16.5 Å². The quantitative estimate of drug-likeness (QED) is 0.420. The number of nitrogens with zero attached hydrogens (tertiary/aromatic N) is 1. The molecule has 3 rings (SSSR count). The van der Waals surface area contributed by atoms with Gasteiger partial charge in [-0.25, -0.2) is 9.78 Å². The summed E-state index contributed by atoms with van der Waals surface area (Å²) in [5.74, 6) is -0.124. The van der Waals surface area contributed by atoms with Gasteiger partial charge in [-0.05, 0) is 49.7 Å². The smallest absolute Gasteiger partial charge is 0.350 e. The molecular weight excluding hydrogens is 441 g/mol. The number of pyridine rings is 1. The van der Waals surface area contributed by atoms with Crippen molar-refractivity contribution < 1.29 is 24.1 Å². The van der Waals surface area contributed by atoms with Crippen LogP contribution in [0.4, 0.5) is 0 Å². The van der Waals surface area contributed by atoms with Gasteiger partial charge in [-0.2, -0.15) is 0 Å². The lowest BCUT2D eigenvalue weighted by atomic mass is 10.00. The van der Waals surface area contributed by atoms with Crippen molar-refractivity contribution in [3.63, 3.8) is 0 Å². The van der Waals surface area contributed by atoms with Crippen LogP contribution in [0.2, 0.25) is 10.0 Å². The SMILES string of the molecule is CC(OCc1ccccc1)C(C)(Oc1ccc(Oc2ncc(Cl)cc2Cl)cc1)C(=O)O. The maximum absolute atomic E-state index is 12.0. The molecule has 0 fully saturated rings. The van der Waals surface area contributed by atoms with Gasteiger partial charge in [-0.3, -0.25) is 0 Å². The molecule has 3 aromatic rings. The van der Waals surface area contributed by atoms with Crippen molar-refractivity contribution >= 4 is 29.2 Å². The van der Waals surface area contributed by atoms with Crippen molar-refractivity contribution in [1.82, 2.24) is 4.98 Å². The third-order valence-electron chi connectivity index (χ3n) is 4.69. The summed E-state index contributed by atoms with van der Waals surface area (Å²) in [5, 5.41) is 10.5. The van der Waals surface area contributed by atoms with Crippen LogP contribution in [-0.4, -0.2) is 27.8 Å². The Labute approximate surface area is 190 Å². The van der Waals surface area contributed by atoms with Crippen molar-refractivity contribution in [3.8, 4) is 17.4 Å². The number of carboxylic acids is 1. The fourth-order valence-corrected chi connectivity index (χ4v) is 3.08. The molecule has 0 bridgehead atoms. The van der Waals surface area contributed by atoms with Gasteiger partial charge in [0.1, 0.15) is 22.6 Å². The summed E-state index contributed by atoms with van der Waals surface area (Å²) in [6.45, 7) is 3.42. The monoisotopic (exact) mass is 461 g/mol. The number of hydrogen-bond donors (Lipinski definition) is 1. The number of halogens is 2. The third kappa shape index (κ3) is 5.88. The molecule has 31 heavy (non-hydrogen) atoms. The van der Waals surface area contributed by atoms with E-state index in [0.717, 1.165) is 5.56 Å². The van der Waals surface area contributed by atoms with Crippen LogP contribution in [0.15, 0.2) is 66.9 Å². The first-order chi connectivity index (χ1) is 14.8. The van der Waals surface area contributed by atoms with E-state index in [9.17, 15) is 9.90 Å². The van der Waals surface area contributed by atoms with Crippen LogP contribution < -0.4 is 9.47 Å². The minimum absolute atomic E-state index is 0.207. The molecule has 1 N–H and O–H groups in total. The first kappa shape index (κ1) is 22.9. The van der Waals surface area contributed by atoms with Crippen LogP contribution in [-0.2, 0) is 16.1 Å². The lowest BCUT2D eigenvalue weighted by Gasteiger charge is -2.32. The average molecular weight is 462 g/mol.